The molecule has 2 unspecified atom stereocenters. The fourth-order valence-electron chi connectivity index (χ4n) is 6.95. The summed E-state index contributed by atoms with van der Waals surface area (Å²) < 4.78 is 0. The van der Waals surface area contributed by atoms with E-state index in [4.69, 9.17) is 0 Å². The van der Waals surface area contributed by atoms with Crippen LogP contribution in [0.5, 0.6) is 0 Å². The Balaban J connectivity index is 0.00000196. The molecule has 0 aliphatic heterocycles. The van der Waals surface area contributed by atoms with Gasteiger partial charge in [-0.1, -0.05) is 12.5 Å². The molecule has 0 aromatic heterocycles. The van der Waals surface area contributed by atoms with E-state index in [1.54, 1.807) is 13.0 Å². The summed E-state index contributed by atoms with van der Waals surface area (Å²) in [5.74, 6) is 0.831. The first-order valence-corrected chi connectivity index (χ1v) is 9.54. The molecule has 2 N–H and O–H groups in total. The molecule has 5 heteroatoms. The summed E-state index contributed by atoms with van der Waals surface area (Å²) in [5, 5.41) is 21.6. The van der Waals surface area contributed by atoms with Crippen LogP contribution in [0.4, 0.5) is 0 Å². The van der Waals surface area contributed by atoms with Crippen LogP contribution < -0.4 is 0 Å². The second-order valence-electron chi connectivity index (χ2n) is 9.15. The summed E-state index contributed by atoms with van der Waals surface area (Å²) in [6, 6.07) is 0. The van der Waals surface area contributed by atoms with Crippen LogP contribution in [0.3, 0.4) is 0 Å². The first-order chi connectivity index (χ1) is 11.7. The maximum atomic E-state index is 12.2. The average Bonchev–Trinajstić information content (AvgIpc) is 2.87. The molecule has 0 bridgehead atoms. The normalized spacial score (nSPS) is 46.9. The molecule has 0 aromatic rings. The number of fused-ring (bicyclic) bond motifs is 5. The van der Waals surface area contributed by atoms with Crippen molar-refractivity contribution in [2.75, 3.05) is 0 Å². The summed E-state index contributed by atoms with van der Waals surface area (Å²) in [5.41, 5.74) is 0.277. The number of hydrogen-bond acceptors (Lipinski definition) is 4. The molecule has 0 heterocycles. The predicted molar refractivity (Wildman–Crippen MR) is 101 cm³/mol. The molecule has 0 saturated heterocycles. The molecule has 4 rings (SSSR count). The molecule has 7 atom stereocenters. The van der Waals surface area contributed by atoms with Crippen molar-refractivity contribution in [1.29, 1.82) is 0 Å². The number of hydrogen-bond donors (Lipinski definition) is 2. The van der Waals surface area contributed by atoms with E-state index in [9.17, 15) is 19.8 Å². The second kappa shape index (κ2) is 6.58. The minimum absolute atomic E-state index is 0. The molecule has 138 valence electrons. The number of allylic oxidation sites excluding steroid dienone is 3. The predicted octanol–water partition coefficient (Wildman–Crippen LogP) is 2.71. The third-order valence-corrected chi connectivity index (χ3v) is 8.23. The van der Waals surface area contributed by atoms with Gasteiger partial charge in [0.05, 0.1) is 6.10 Å². The Hall–Kier alpha value is -0.420. The van der Waals surface area contributed by atoms with Crippen molar-refractivity contribution in [3.05, 3.63) is 23.5 Å². The maximum absolute atomic E-state index is 12.2. The third-order valence-electron chi connectivity index (χ3n) is 8.23. The van der Waals surface area contributed by atoms with Gasteiger partial charge >= 0.3 is 29.6 Å². The number of aliphatic hydroxyl groups is 2. The van der Waals surface area contributed by atoms with E-state index in [0.29, 0.717) is 12.3 Å². The summed E-state index contributed by atoms with van der Waals surface area (Å²) in [4.78, 5) is 24.0. The minimum atomic E-state index is -0.548. The van der Waals surface area contributed by atoms with Gasteiger partial charge in [0.1, 0.15) is 11.5 Å². The number of aliphatic hydroxyl groups excluding tert-OH is 2. The molecule has 26 heavy (non-hydrogen) atoms. The molecular formula is C21H29NaO4. The van der Waals surface area contributed by atoms with Gasteiger partial charge in [-0.2, -0.15) is 0 Å². The molecule has 0 aromatic carbocycles. The van der Waals surface area contributed by atoms with Gasteiger partial charge in [0, 0.05) is 17.4 Å². The van der Waals surface area contributed by atoms with Crippen LogP contribution in [0.2, 0.25) is 0 Å². The number of Topliss-reactive ketones (excluding diaryl/α,β-unsaturated/α-hetero) is 1. The van der Waals surface area contributed by atoms with E-state index in [-0.39, 0.29) is 70.1 Å². The van der Waals surface area contributed by atoms with Crippen LogP contribution in [0.25, 0.3) is 0 Å². The van der Waals surface area contributed by atoms with Crippen LogP contribution in [0.15, 0.2) is 23.5 Å². The molecule has 4 nitrogen and oxygen atoms in total. The third kappa shape index (κ3) is 2.56. The van der Waals surface area contributed by atoms with Gasteiger partial charge in [-0.15, -0.1) is 0 Å². The van der Waals surface area contributed by atoms with E-state index >= 15 is 0 Å². The van der Waals surface area contributed by atoms with Gasteiger partial charge in [-0.3, -0.25) is 9.59 Å². The monoisotopic (exact) mass is 368 g/mol. The summed E-state index contributed by atoms with van der Waals surface area (Å²) in [6.45, 7) is 5.96. The van der Waals surface area contributed by atoms with Crippen LogP contribution in [-0.2, 0) is 9.59 Å². The zero-order valence-corrected chi connectivity index (χ0v) is 15.3. The molecule has 0 amide bonds. The van der Waals surface area contributed by atoms with Gasteiger partial charge in [0.2, 0.25) is 0 Å². The fraction of sp³-hybridized carbons (Fsp3) is 0.714. The van der Waals surface area contributed by atoms with Gasteiger partial charge in [-0.05, 0) is 75.2 Å². The first-order valence-electron chi connectivity index (χ1n) is 9.54. The molecule has 0 spiro atoms. The molecule has 4 aliphatic carbocycles. The van der Waals surface area contributed by atoms with Crippen LogP contribution in [0.1, 0.15) is 52.9 Å². The van der Waals surface area contributed by atoms with Crippen LogP contribution >= 0.6 is 0 Å². The van der Waals surface area contributed by atoms with Crippen molar-refractivity contribution < 1.29 is 19.8 Å². The summed E-state index contributed by atoms with van der Waals surface area (Å²) in [6.07, 6.45) is 6.60. The van der Waals surface area contributed by atoms with E-state index in [1.807, 2.05) is 6.92 Å². The Kier molecular flexibility index (Phi) is 5.14. The second-order valence-corrected chi connectivity index (χ2v) is 9.15. The zero-order chi connectivity index (χ0) is 18.1. The Bertz CT molecular complexity index is 711. The standard InChI is InChI=1S/C21H28O4.Na.H/c1-11(22)14-4-5-15-19-16(6-7-20(14,15)2)21(3)12(9-17(19)24)8-13(23)10-18(21)25;;/h8,10,14-17,19,24-25H,4-7,9H2,1-3H3;;/t14-,15?,16-,17?,19-,20-,21+;;/m1../s1. The van der Waals surface area contributed by atoms with Crippen molar-refractivity contribution in [3.8, 4) is 0 Å². The first kappa shape index (κ1) is 20.3. The molecule has 3 saturated carbocycles. The number of rotatable bonds is 1. The summed E-state index contributed by atoms with van der Waals surface area (Å²) in [7, 11) is 0. The average molecular weight is 368 g/mol. The number of ketones is 2. The van der Waals surface area contributed by atoms with E-state index in [2.05, 4.69) is 6.92 Å². The number of carbonyl (C=O) groups is 2. The van der Waals surface area contributed by atoms with E-state index in [1.165, 1.54) is 6.08 Å². The van der Waals surface area contributed by atoms with Crippen LogP contribution in [0, 0.1) is 34.5 Å². The SMILES string of the molecule is CC(=O)[C@H]1CCC2[C@H]3C(O)CC4=CC(=O)C=C(O)[C@]4(C)[C@@H]3CC[C@@]21C.[NaH]. The molecule has 3 fully saturated rings. The quantitative estimate of drug-likeness (QED) is 0.698. The number of carbonyl (C=O) groups excluding carboxylic acids is 2. The van der Waals surface area contributed by atoms with Crippen molar-refractivity contribution in [1.82, 2.24) is 0 Å². The Morgan fingerprint density at radius 1 is 1.15 bits per heavy atom. The van der Waals surface area contributed by atoms with Gasteiger partial charge in [0.25, 0.3) is 0 Å². The Labute approximate surface area is 177 Å². The zero-order valence-electron chi connectivity index (χ0n) is 15.3. The van der Waals surface area contributed by atoms with Crippen molar-refractivity contribution in [2.45, 2.75) is 59.0 Å². The van der Waals surface area contributed by atoms with Crippen molar-refractivity contribution in [2.24, 2.45) is 34.5 Å². The van der Waals surface area contributed by atoms with Crippen LogP contribution in [-0.4, -0.2) is 57.4 Å². The van der Waals surface area contributed by atoms with E-state index < -0.39 is 11.5 Å². The molecule has 0 radical (unpaired) electrons. The summed E-state index contributed by atoms with van der Waals surface area (Å²) >= 11 is 0. The fourth-order valence-corrected chi connectivity index (χ4v) is 6.95. The van der Waals surface area contributed by atoms with E-state index in [0.717, 1.165) is 31.3 Å². The van der Waals surface area contributed by atoms with Gasteiger partial charge in [-0.25, -0.2) is 0 Å². The topological polar surface area (TPSA) is 74.6 Å². The molecule has 4 aliphatic rings. The van der Waals surface area contributed by atoms with Crippen molar-refractivity contribution >= 4 is 41.1 Å². The Morgan fingerprint density at radius 2 is 1.85 bits per heavy atom. The van der Waals surface area contributed by atoms with Gasteiger partial charge < -0.3 is 10.2 Å². The Morgan fingerprint density at radius 3 is 2.50 bits per heavy atom. The van der Waals surface area contributed by atoms with Gasteiger partial charge in [0.15, 0.2) is 5.78 Å². The molecular weight excluding hydrogens is 339 g/mol. The van der Waals surface area contributed by atoms with Crippen molar-refractivity contribution in [3.63, 3.8) is 0 Å².